The van der Waals surface area contributed by atoms with Crippen molar-refractivity contribution in [2.75, 3.05) is 17.7 Å². The lowest BCUT2D eigenvalue weighted by Crippen LogP contribution is -2.38. The molecule has 0 fully saturated rings. The van der Waals surface area contributed by atoms with Crippen LogP contribution >= 0.6 is 0 Å². The smallest absolute Gasteiger partial charge is 0.209 e. The number of carbonyl (C=O) groups excluding carboxylic acids is 1. The number of hydrogen-bond donors (Lipinski definition) is 2. The van der Waals surface area contributed by atoms with E-state index in [2.05, 4.69) is 9.97 Å². The van der Waals surface area contributed by atoms with E-state index in [1.807, 2.05) is 0 Å². The number of carboxylic acid groups (broad SMARTS) is 1. The molecular formula is C12H14N3O5S-. The van der Waals surface area contributed by atoms with Crippen LogP contribution in [0.15, 0.2) is 23.1 Å². The molecule has 8 nitrogen and oxygen atoms in total. The van der Waals surface area contributed by atoms with Gasteiger partial charge >= 0.3 is 0 Å². The summed E-state index contributed by atoms with van der Waals surface area (Å²) >= 11 is 0. The number of nitrogens with zero attached hydrogens (tertiary/aromatic N) is 2. The van der Waals surface area contributed by atoms with Gasteiger partial charge in [-0.05, 0) is 25.1 Å². The molecule has 1 amide bonds. The average molecular weight is 312 g/mol. The molecule has 0 spiro atoms. The van der Waals surface area contributed by atoms with Crippen molar-refractivity contribution >= 4 is 32.9 Å². The van der Waals surface area contributed by atoms with Gasteiger partial charge in [0.15, 0.2) is 9.84 Å². The molecule has 2 N–H and O–H groups in total. The molecule has 21 heavy (non-hydrogen) atoms. The maximum absolute atomic E-state index is 12.0. The van der Waals surface area contributed by atoms with Crippen molar-refractivity contribution in [2.45, 2.75) is 17.9 Å². The second-order valence-corrected chi connectivity index (χ2v) is 6.73. The van der Waals surface area contributed by atoms with Gasteiger partial charge in [0.05, 0.1) is 27.8 Å². The SMILES string of the molecule is CC(O)CS(=O)(=O)c1ccc2nc(N(C)C(=O)[O-])[nH]c2c1. The molecule has 1 unspecified atom stereocenters. The van der Waals surface area contributed by atoms with Crippen molar-refractivity contribution in [2.24, 2.45) is 0 Å². The standard InChI is InChI=1S/C12H15N3O5S/c1-7(16)6-21(19,20)8-3-4-9-10(5-8)14-11(13-9)15(2)12(17)18/h3-5,7,16H,6H2,1-2H3,(H,13,14)(H,17,18)/p-1. The zero-order valence-corrected chi connectivity index (χ0v) is 12.2. The normalized spacial score (nSPS) is 13.3. The van der Waals surface area contributed by atoms with Gasteiger partial charge in [-0.25, -0.2) is 13.4 Å². The third-order valence-corrected chi connectivity index (χ3v) is 4.75. The molecule has 1 heterocycles. The van der Waals surface area contributed by atoms with Gasteiger partial charge in [0.2, 0.25) is 5.95 Å². The fourth-order valence-electron chi connectivity index (χ4n) is 1.83. The number of hydrogen-bond acceptors (Lipinski definition) is 6. The molecule has 0 aliphatic heterocycles. The Morgan fingerprint density at radius 2 is 2.19 bits per heavy atom. The fourth-order valence-corrected chi connectivity index (χ4v) is 3.23. The van der Waals surface area contributed by atoms with E-state index < -0.39 is 27.8 Å². The highest BCUT2D eigenvalue weighted by Gasteiger charge is 2.18. The maximum Gasteiger partial charge on any atom is 0.209 e. The number of rotatable bonds is 4. The van der Waals surface area contributed by atoms with Gasteiger partial charge in [-0.1, -0.05) is 0 Å². The summed E-state index contributed by atoms with van der Waals surface area (Å²) < 4.78 is 24.1. The van der Waals surface area contributed by atoms with Gasteiger partial charge in [0.1, 0.15) is 6.09 Å². The van der Waals surface area contributed by atoms with Crippen molar-refractivity contribution in [1.82, 2.24) is 9.97 Å². The molecule has 0 bridgehead atoms. The van der Waals surface area contributed by atoms with Crippen LogP contribution in [0, 0.1) is 0 Å². The van der Waals surface area contributed by atoms with Gasteiger partial charge < -0.3 is 24.9 Å². The highest BCUT2D eigenvalue weighted by Crippen LogP contribution is 2.21. The molecule has 0 saturated heterocycles. The molecule has 2 rings (SSSR count). The first-order valence-electron chi connectivity index (χ1n) is 6.06. The molecule has 0 saturated carbocycles. The first kappa shape index (κ1) is 15.3. The van der Waals surface area contributed by atoms with Gasteiger partial charge in [0, 0.05) is 7.05 Å². The minimum atomic E-state index is -3.62. The number of carbonyl (C=O) groups is 1. The number of aromatic amines is 1. The molecule has 2 aromatic rings. The van der Waals surface area contributed by atoms with E-state index >= 15 is 0 Å². The zero-order chi connectivity index (χ0) is 15.8. The maximum atomic E-state index is 12.0. The Balaban J connectivity index is 2.45. The van der Waals surface area contributed by atoms with Crippen molar-refractivity contribution in [1.29, 1.82) is 0 Å². The van der Waals surface area contributed by atoms with E-state index in [0.717, 1.165) is 4.90 Å². The summed E-state index contributed by atoms with van der Waals surface area (Å²) in [6, 6.07) is 4.18. The lowest BCUT2D eigenvalue weighted by Gasteiger charge is -2.15. The van der Waals surface area contributed by atoms with Crippen LogP contribution in [0.5, 0.6) is 0 Å². The Kier molecular flexibility index (Phi) is 3.88. The van der Waals surface area contributed by atoms with Crippen LogP contribution in [-0.2, 0) is 9.84 Å². The first-order valence-corrected chi connectivity index (χ1v) is 7.71. The van der Waals surface area contributed by atoms with E-state index in [1.54, 1.807) is 0 Å². The van der Waals surface area contributed by atoms with Crippen LogP contribution in [0.25, 0.3) is 11.0 Å². The predicted molar refractivity (Wildman–Crippen MR) is 73.6 cm³/mol. The lowest BCUT2D eigenvalue weighted by atomic mass is 10.3. The van der Waals surface area contributed by atoms with E-state index in [1.165, 1.54) is 32.2 Å². The molecule has 1 aromatic heterocycles. The molecule has 0 radical (unpaired) electrons. The van der Waals surface area contributed by atoms with Crippen LogP contribution < -0.4 is 10.0 Å². The van der Waals surface area contributed by atoms with Gasteiger partial charge in [-0.2, -0.15) is 0 Å². The number of aliphatic hydroxyl groups is 1. The molecule has 0 aliphatic rings. The van der Waals surface area contributed by atoms with E-state index in [0.29, 0.717) is 11.0 Å². The number of fused-ring (bicyclic) bond motifs is 1. The fraction of sp³-hybridized carbons (Fsp3) is 0.333. The topological polar surface area (TPSA) is 126 Å². The number of amides is 1. The van der Waals surface area contributed by atoms with E-state index in [4.69, 9.17) is 0 Å². The monoisotopic (exact) mass is 312 g/mol. The lowest BCUT2D eigenvalue weighted by molar-refractivity contribution is -0.246. The van der Waals surface area contributed by atoms with Gasteiger partial charge in [0.25, 0.3) is 0 Å². The number of nitrogens with one attached hydrogen (secondary N) is 1. The summed E-state index contributed by atoms with van der Waals surface area (Å²) in [6.07, 6.45) is -2.41. The summed E-state index contributed by atoms with van der Waals surface area (Å²) in [4.78, 5) is 18.3. The largest absolute Gasteiger partial charge is 0.530 e. The number of anilines is 1. The van der Waals surface area contributed by atoms with Crippen molar-refractivity contribution in [3.8, 4) is 0 Å². The third-order valence-electron chi connectivity index (χ3n) is 2.85. The number of aliphatic hydroxyl groups excluding tert-OH is 1. The molecule has 1 atom stereocenters. The van der Waals surface area contributed by atoms with Crippen LogP contribution in [0.3, 0.4) is 0 Å². The molecule has 1 aromatic carbocycles. The number of imidazole rings is 1. The number of H-pyrrole nitrogens is 1. The molecule has 114 valence electrons. The number of benzene rings is 1. The second kappa shape index (κ2) is 5.34. The van der Waals surface area contributed by atoms with Gasteiger partial charge in [-0.15, -0.1) is 0 Å². The van der Waals surface area contributed by atoms with Gasteiger partial charge in [-0.3, -0.25) is 0 Å². The van der Waals surface area contributed by atoms with Crippen LogP contribution in [0.1, 0.15) is 6.92 Å². The Labute approximate surface area is 121 Å². The van der Waals surface area contributed by atoms with Crippen molar-refractivity contribution in [3.63, 3.8) is 0 Å². The Bertz CT molecular complexity index is 781. The van der Waals surface area contributed by atoms with Crippen molar-refractivity contribution in [3.05, 3.63) is 18.2 Å². The van der Waals surface area contributed by atoms with Crippen molar-refractivity contribution < 1.29 is 23.4 Å². The molecule has 9 heteroatoms. The highest BCUT2D eigenvalue weighted by molar-refractivity contribution is 7.91. The Morgan fingerprint density at radius 3 is 2.76 bits per heavy atom. The third kappa shape index (κ3) is 3.14. The highest BCUT2D eigenvalue weighted by atomic mass is 32.2. The van der Waals surface area contributed by atoms with E-state index in [9.17, 15) is 23.4 Å². The number of sulfone groups is 1. The summed E-state index contributed by atoms with van der Waals surface area (Å²) in [7, 11) is -2.36. The summed E-state index contributed by atoms with van der Waals surface area (Å²) in [5.41, 5.74) is 0.805. The Hall–Kier alpha value is -2.13. The first-order chi connectivity index (χ1) is 9.70. The molecule has 0 aliphatic carbocycles. The summed E-state index contributed by atoms with van der Waals surface area (Å²) in [6.45, 7) is 1.39. The summed E-state index contributed by atoms with van der Waals surface area (Å²) in [5.74, 6) is -0.353. The zero-order valence-electron chi connectivity index (χ0n) is 11.4. The second-order valence-electron chi connectivity index (χ2n) is 4.69. The average Bonchev–Trinajstić information content (AvgIpc) is 2.78. The minimum Gasteiger partial charge on any atom is -0.530 e. The van der Waals surface area contributed by atoms with Crippen LogP contribution in [-0.4, -0.2) is 48.5 Å². The predicted octanol–water partition coefficient (Wildman–Crippen LogP) is -0.503. The Morgan fingerprint density at radius 1 is 1.52 bits per heavy atom. The minimum absolute atomic E-state index is 0.0298. The quantitative estimate of drug-likeness (QED) is 0.783. The summed E-state index contributed by atoms with van der Waals surface area (Å²) in [5, 5.41) is 20.0. The number of aromatic nitrogens is 2. The molecular weight excluding hydrogens is 298 g/mol. The van der Waals surface area contributed by atoms with Crippen LogP contribution in [0.4, 0.5) is 10.7 Å². The van der Waals surface area contributed by atoms with Crippen LogP contribution in [0.2, 0.25) is 0 Å². The van der Waals surface area contributed by atoms with E-state index in [-0.39, 0.29) is 10.8 Å².